The number of amides is 1. The fourth-order valence-corrected chi connectivity index (χ4v) is 3.05. The average molecular weight is 324 g/mol. The van der Waals surface area contributed by atoms with Crippen molar-refractivity contribution in [3.05, 3.63) is 69.1 Å². The van der Waals surface area contributed by atoms with Crippen molar-refractivity contribution in [2.75, 3.05) is 6.54 Å². The first-order valence-electron chi connectivity index (χ1n) is 8.16. The third-order valence-electron chi connectivity index (χ3n) is 4.30. The normalized spacial score (nSPS) is 16.5. The summed E-state index contributed by atoms with van der Waals surface area (Å²) < 4.78 is 0. The van der Waals surface area contributed by atoms with Crippen LogP contribution in [-0.2, 0) is 12.8 Å². The lowest BCUT2D eigenvalue weighted by Gasteiger charge is -2.20. The molecule has 2 N–H and O–H groups in total. The first kappa shape index (κ1) is 16.2. The molecule has 5 heteroatoms. The van der Waals surface area contributed by atoms with Gasteiger partial charge in [-0.3, -0.25) is 14.4 Å². The molecule has 0 aliphatic heterocycles. The lowest BCUT2D eigenvalue weighted by atomic mass is 9.86. The molecule has 3 rings (SSSR count). The highest BCUT2D eigenvalue weighted by molar-refractivity contribution is 6.01. The van der Waals surface area contributed by atoms with Crippen LogP contribution >= 0.6 is 0 Å². The molecular weight excluding hydrogens is 304 g/mol. The predicted molar refractivity (Wildman–Crippen MR) is 91.4 cm³/mol. The number of nitrogens with one attached hydrogen (secondary N) is 2. The van der Waals surface area contributed by atoms with Crippen LogP contribution in [0.3, 0.4) is 0 Å². The molecule has 1 heterocycles. The van der Waals surface area contributed by atoms with E-state index in [9.17, 15) is 14.4 Å². The number of aromatic amines is 1. The molecule has 2 aromatic rings. The summed E-state index contributed by atoms with van der Waals surface area (Å²) in [6, 6.07) is 11.2. The SMILES string of the molecule is C[C@@H]1CC(=O)c2cc(C(=O)NCCc3ccccc3)c(=O)[nH]c2C1. The Labute approximate surface area is 140 Å². The quantitative estimate of drug-likeness (QED) is 0.904. The molecule has 0 radical (unpaired) electrons. The average Bonchev–Trinajstić information content (AvgIpc) is 2.55. The smallest absolute Gasteiger partial charge is 0.261 e. The topological polar surface area (TPSA) is 79.0 Å². The number of benzene rings is 1. The van der Waals surface area contributed by atoms with E-state index in [2.05, 4.69) is 10.3 Å². The molecule has 0 saturated heterocycles. The molecule has 0 fully saturated rings. The number of rotatable bonds is 4. The molecular formula is C19H20N2O3. The third-order valence-corrected chi connectivity index (χ3v) is 4.30. The van der Waals surface area contributed by atoms with Gasteiger partial charge in [-0.05, 0) is 30.4 Å². The van der Waals surface area contributed by atoms with Crippen LogP contribution < -0.4 is 10.9 Å². The number of carbonyl (C=O) groups excluding carboxylic acids is 2. The molecule has 0 spiro atoms. The lowest BCUT2D eigenvalue weighted by molar-refractivity contribution is 0.0951. The molecule has 24 heavy (non-hydrogen) atoms. The van der Waals surface area contributed by atoms with E-state index in [0.29, 0.717) is 37.1 Å². The van der Waals surface area contributed by atoms with Crippen molar-refractivity contribution in [3.63, 3.8) is 0 Å². The zero-order valence-corrected chi connectivity index (χ0v) is 13.6. The number of hydrogen-bond donors (Lipinski definition) is 2. The summed E-state index contributed by atoms with van der Waals surface area (Å²) in [6.07, 6.45) is 1.80. The molecule has 1 atom stereocenters. The number of aromatic nitrogens is 1. The van der Waals surface area contributed by atoms with Crippen molar-refractivity contribution in [2.45, 2.75) is 26.2 Å². The van der Waals surface area contributed by atoms with Gasteiger partial charge in [0, 0.05) is 24.2 Å². The van der Waals surface area contributed by atoms with Gasteiger partial charge in [-0.1, -0.05) is 37.3 Å². The van der Waals surface area contributed by atoms with Gasteiger partial charge in [-0.15, -0.1) is 0 Å². The van der Waals surface area contributed by atoms with Gasteiger partial charge in [0.05, 0.1) is 0 Å². The Hall–Kier alpha value is -2.69. The van der Waals surface area contributed by atoms with Crippen LogP contribution in [0.2, 0.25) is 0 Å². The van der Waals surface area contributed by atoms with Gasteiger partial charge in [0.15, 0.2) is 5.78 Å². The van der Waals surface area contributed by atoms with Crippen LogP contribution in [0.5, 0.6) is 0 Å². The summed E-state index contributed by atoms with van der Waals surface area (Å²) in [5, 5.41) is 2.75. The minimum absolute atomic E-state index is 0.00437. The highest BCUT2D eigenvalue weighted by Gasteiger charge is 2.25. The summed E-state index contributed by atoms with van der Waals surface area (Å²) in [5.74, 6) is -0.245. The molecule has 1 aromatic heterocycles. The predicted octanol–water partition coefficient (Wildman–Crippen LogP) is 2.11. The Morgan fingerprint density at radius 2 is 1.96 bits per heavy atom. The van der Waals surface area contributed by atoms with Crippen molar-refractivity contribution < 1.29 is 9.59 Å². The van der Waals surface area contributed by atoms with Crippen molar-refractivity contribution in [2.24, 2.45) is 5.92 Å². The lowest BCUT2D eigenvalue weighted by Crippen LogP contribution is -2.33. The Balaban J connectivity index is 1.72. The summed E-state index contributed by atoms with van der Waals surface area (Å²) in [6.45, 7) is 2.41. The fraction of sp³-hybridized carbons (Fsp3) is 0.316. The van der Waals surface area contributed by atoms with Crippen LogP contribution in [0.1, 0.15) is 45.3 Å². The Kier molecular flexibility index (Phi) is 4.60. The van der Waals surface area contributed by atoms with E-state index in [1.807, 2.05) is 37.3 Å². The van der Waals surface area contributed by atoms with E-state index < -0.39 is 11.5 Å². The second-order valence-electron chi connectivity index (χ2n) is 6.33. The maximum absolute atomic E-state index is 12.3. The molecule has 1 aliphatic carbocycles. The van der Waals surface area contributed by atoms with Crippen molar-refractivity contribution in [3.8, 4) is 0 Å². The van der Waals surface area contributed by atoms with Crippen LogP contribution in [0.15, 0.2) is 41.2 Å². The molecule has 0 unspecified atom stereocenters. The highest BCUT2D eigenvalue weighted by atomic mass is 16.2. The number of fused-ring (bicyclic) bond motifs is 1. The van der Waals surface area contributed by atoms with Crippen LogP contribution in [0.4, 0.5) is 0 Å². The van der Waals surface area contributed by atoms with Gasteiger partial charge in [-0.25, -0.2) is 0 Å². The minimum atomic E-state index is -0.443. The van der Waals surface area contributed by atoms with E-state index in [4.69, 9.17) is 0 Å². The molecule has 1 aliphatic rings. The molecule has 1 amide bonds. The van der Waals surface area contributed by atoms with Gasteiger partial charge in [0.25, 0.3) is 11.5 Å². The maximum Gasteiger partial charge on any atom is 0.261 e. The summed E-state index contributed by atoms with van der Waals surface area (Å²) in [4.78, 5) is 39.3. The van der Waals surface area contributed by atoms with Crippen LogP contribution in [0.25, 0.3) is 0 Å². The Morgan fingerprint density at radius 3 is 2.71 bits per heavy atom. The second-order valence-corrected chi connectivity index (χ2v) is 6.33. The van der Waals surface area contributed by atoms with E-state index in [1.165, 1.54) is 6.07 Å². The van der Waals surface area contributed by atoms with Crippen molar-refractivity contribution >= 4 is 11.7 Å². The number of Topliss-reactive ketones (excluding diaryl/α,β-unsaturated/α-hetero) is 1. The van der Waals surface area contributed by atoms with Crippen LogP contribution in [0, 0.1) is 5.92 Å². The zero-order chi connectivity index (χ0) is 17.1. The molecule has 124 valence electrons. The summed E-state index contributed by atoms with van der Waals surface area (Å²) in [5.41, 5.74) is 1.80. The Morgan fingerprint density at radius 1 is 1.21 bits per heavy atom. The monoisotopic (exact) mass is 324 g/mol. The summed E-state index contributed by atoms with van der Waals surface area (Å²) in [7, 11) is 0. The number of H-pyrrole nitrogens is 1. The fourth-order valence-electron chi connectivity index (χ4n) is 3.05. The number of hydrogen-bond acceptors (Lipinski definition) is 3. The second kappa shape index (κ2) is 6.83. The maximum atomic E-state index is 12.3. The van der Waals surface area contributed by atoms with Gasteiger partial charge in [0.2, 0.25) is 0 Å². The Bertz CT molecular complexity index is 824. The van der Waals surface area contributed by atoms with Gasteiger partial charge in [0.1, 0.15) is 5.56 Å². The third kappa shape index (κ3) is 3.45. The van der Waals surface area contributed by atoms with Crippen LogP contribution in [-0.4, -0.2) is 23.2 Å². The zero-order valence-electron chi connectivity index (χ0n) is 13.6. The molecule has 0 saturated carbocycles. The van der Waals surface area contributed by atoms with Gasteiger partial charge in [-0.2, -0.15) is 0 Å². The summed E-state index contributed by atoms with van der Waals surface area (Å²) >= 11 is 0. The standard InChI is InChI=1S/C19H20N2O3/c1-12-9-16-14(17(22)10-12)11-15(19(24)21-16)18(23)20-8-7-13-5-3-2-4-6-13/h2-6,11-12H,7-10H2,1H3,(H,20,23)(H,21,24)/t12-/m0/s1. The molecule has 0 bridgehead atoms. The number of pyridine rings is 1. The van der Waals surface area contributed by atoms with Gasteiger partial charge < -0.3 is 10.3 Å². The van der Waals surface area contributed by atoms with Crippen molar-refractivity contribution in [1.29, 1.82) is 0 Å². The molecule has 5 nitrogen and oxygen atoms in total. The first-order chi connectivity index (χ1) is 11.5. The van der Waals surface area contributed by atoms with Crippen molar-refractivity contribution in [1.82, 2.24) is 10.3 Å². The van der Waals surface area contributed by atoms with E-state index >= 15 is 0 Å². The van der Waals surface area contributed by atoms with E-state index in [1.54, 1.807) is 0 Å². The first-order valence-corrected chi connectivity index (χ1v) is 8.16. The largest absolute Gasteiger partial charge is 0.352 e. The number of ketones is 1. The van der Waals surface area contributed by atoms with Gasteiger partial charge >= 0.3 is 0 Å². The highest BCUT2D eigenvalue weighted by Crippen LogP contribution is 2.23. The minimum Gasteiger partial charge on any atom is -0.352 e. The van der Waals surface area contributed by atoms with E-state index in [-0.39, 0.29) is 17.3 Å². The molecule has 1 aromatic carbocycles. The van der Waals surface area contributed by atoms with E-state index in [0.717, 1.165) is 5.56 Å². The number of carbonyl (C=O) groups is 2.